The first-order valence-corrected chi connectivity index (χ1v) is 11.3. The van der Waals surface area contributed by atoms with E-state index in [9.17, 15) is 14.4 Å². The van der Waals surface area contributed by atoms with Crippen LogP contribution in [0.2, 0.25) is 0 Å². The number of nitrogens with one attached hydrogen (secondary N) is 2. The van der Waals surface area contributed by atoms with Crippen LogP contribution < -0.4 is 27.0 Å². The van der Waals surface area contributed by atoms with E-state index in [0.29, 0.717) is 18.1 Å². The van der Waals surface area contributed by atoms with Crippen molar-refractivity contribution in [3.8, 4) is 0 Å². The van der Waals surface area contributed by atoms with E-state index >= 15 is 0 Å². The van der Waals surface area contributed by atoms with Gasteiger partial charge in [-0.3, -0.25) is 9.59 Å². The molecule has 4 amide bonds. The van der Waals surface area contributed by atoms with Crippen molar-refractivity contribution in [2.45, 2.75) is 37.1 Å². The van der Waals surface area contributed by atoms with E-state index in [1.54, 1.807) is 14.1 Å². The van der Waals surface area contributed by atoms with Gasteiger partial charge >= 0.3 is 6.03 Å². The Kier molecular flexibility index (Phi) is 6.27. The zero-order chi connectivity index (χ0) is 24.5. The maximum absolute atomic E-state index is 12.0. The minimum atomic E-state index is -0.696. The van der Waals surface area contributed by atoms with Crippen molar-refractivity contribution >= 4 is 35.2 Å². The Hall–Kier alpha value is -3.89. The normalized spacial score (nSPS) is 18.6. The smallest absolute Gasteiger partial charge is 0.317 e. The van der Waals surface area contributed by atoms with E-state index in [-0.39, 0.29) is 29.5 Å². The van der Waals surface area contributed by atoms with E-state index in [0.717, 1.165) is 37.8 Å². The Labute approximate surface area is 197 Å². The fourth-order valence-corrected chi connectivity index (χ4v) is 4.22. The molecule has 11 heteroatoms. The van der Waals surface area contributed by atoms with Crippen molar-refractivity contribution in [1.82, 2.24) is 20.2 Å². The lowest BCUT2D eigenvalue weighted by atomic mass is 9.95. The van der Waals surface area contributed by atoms with Crippen LogP contribution in [0.3, 0.4) is 0 Å². The van der Waals surface area contributed by atoms with Crippen molar-refractivity contribution < 1.29 is 14.4 Å². The zero-order valence-corrected chi connectivity index (χ0v) is 19.4. The van der Waals surface area contributed by atoms with E-state index in [1.165, 1.54) is 11.1 Å². The van der Waals surface area contributed by atoms with Gasteiger partial charge in [-0.25, -0.2) is 14.8 Å². The molecule has 1 saturated heterocycles. The van der Waals surface area contributed by atoms with Gasteiger partial charge in [-0.1, -0.05) is 12.1 Å². The number of rotatable bonds is 7. The highest BCUT2D eigenvalue weighted by Gasteiger charge is 2.49. The summed E-state index contributed by atoms with van der Waals surface area (Å²) < 4.78 is 0. The molecule has 2 aliphatic rings. The van der Waals surface area contributed by atoms with Gasteiger partial charge in [0.25, 0.3) is 5.91 Å². The summed E-state index contributed by atoms with van der Waals surface area (Å²) in [6.07, 6.45) is 4.77. The van der Waals surface area contributed by atoms with Gasteiger partial charge in [0, 0.05) is 38.9 Å². The number of aromatic nitrogens is 2. The third-order valence-electron chi connectivity index (χ3n) is 6.39. The predicted molar refractivity (Wildman–Crippen MR) is 128 cm³/mol. The molecule has 4 rings (SSSR count). The summed E-state index contributed by atoms with van der Waals surface area (Å²) >= 11 is 0. The van der Waals surface area contributed by atoms with E-state index in [2.05, 4.69) is 20.6 Å². The minimum Gasteiger partial charge on any atom is -0.369 e. The van der Waals surface area contributed by atoms with Gasteiger partial charge in [0.15, 0.2) is 11.5 Å². The predicted octanol–water partition coefficient (Wildman–Crippen LogP) is 1.08. The van der Waals surface area contributed by atoms with Crippen molar-refractivity contribution in [2.24, 2.45) is 11.5 Å². The number of nitrogens with two attached hydrogens (primary N) is 2. The first-order valence-electron chi connectivity index (χ1n) is 11.3. The fraction of sp³-hybridized carbons (Fsp3) is 0.435. The third-order valence-corrected chi connectivity index (χ3v) is 6.39. The average Bonchev–Trinajstić information content (AvgIpc) is 3.62. The Morgan fingerprint density at radius 2 is 1.85 bits per heavy atom. The molecule has 1 aliphatic carbocycles. The van der Waals surface area contributed by atoms with E-state index in [1.807, 2.05) is 29.2 Å². The molecule has 2 heterocycles. The van der Waals surface area contributed by atoms with Crippen LogP contribution in [-0.4, -0.2) is 65.9 Å². The lowest BCUT2D eigenvalue weighted by Gasteiger charge is -2.34. The molecule has 0 spiro atoms. The maximum Gasteiger partial charge on any atom is 0.317 e. The van der Waals surface area contributed by atoms with Crippen LogP contribution in [0.4, 0.5) is 22.1 Å². The highest BCUT2D eigenvalue weighted by molar-refractivity contribution is 5.96. The number of carbonyl (C=O) groups excluding carboxylic acids is 3. The van der Waals surface area contributed by atoms with Gasteiger partial charge < -0.3 is 31.9 Å². The SMILES string of the molecule is CN(C)C(=O)N[C@@H]1CCCN(c2cnc(C(N)=O)c(Nc3ccc(C4(C(N)=O)CC4)cc3)n2)C1. The minimum absolute atomic E-state index is 0.0229. The summed E-state index contributed by atoms with van der Waals surface area (Å²) in [6, 6.07) is 7.16. The van der Waals surface area contributed by atoms with Gasteiger partial charge in [-0.2, -0.15) is 0 Å². The number of nitrogens with zero attached hydrogens (tertiary/aromatic N) is 4. The molecule has 11 nitrogen and oxygen atoms in total. The lowest BCUT2D eigenvalue weighted by molar-refractivity contribution is -0.120. The molecular formula is C23H30N8O3. The highest BCUT2D eigenvalue weighted by Crippen LogP contribution is 2.48. The quantitative estimate of drug-likeness (QED) is 0.475. The molecule has 2 fully saturated rings. The molecule has 0 unspecified atom stereocenters. The molecule has 34 heavy (non-hydrogen) atoms. The summed E-state index contributed by atoms with van der Waals surface area (Å²) in [5.41, 5.74) is 12.1. The van der Waals surface area contributed by atoms with Crippen molar-refractivity contribution in [1.29, 1.82) is 0 Å². The van der Waals surface area contributed by atoms with E-state index in [4.69, 9.17) is 11.5 Å². The van der Waals surface area contributed by atoms with E-state index < -0.39 is 11.3 Å². The van der Waals surface area contributed by atoms with Gasteiger partial charge in [0.2, 0.25) is 5.91 Å². The number of urea groups is 1. The second-order valence-electron chi connectivity index (χ2n) is 9.07. The Balaban J connectivity index is 1.53. The average molecular weight is 467 g/mol. The first-order chi connectivity index (χ1) is 16.2. The standard InChI is InChI=1S/C23H30N8O3/c1-30(2)22(34)28-16-4-3-11-31(13-16)17-12-26-18(19(24)32)20(29-17)27-15-7-5-14(6-8-15)23(9-10-23)21(25)33/h5-8,12,16H,3-4,9-11,13H2,1-2H3,(H2,24,32)(H2,25,33)(H,27,29)(H,28,34)/t16-/m1/s1. The van der Waals surface area contributed by atoms with Gasteiger partial charge in [0.1, 0.15) is 5.82 Å². The highest BCUT2D eigenvalue weighted by atomic mass is 16.2. The van der Waals surface area contributed by atoms with Crippen LogP contribution in [0, 0.1) is 0 Å². The van der Waals surface area contributed by atoms with Crippen LogP contribution in [-0.2, 0) is 10.2 Å². The molecule has 1 aromatic heterocycles. The van der Waals surface area contributed by atoms with Crippen molar-refractivity contribution in [3.63, 3.8) is 0 Å². The van der Waals surface area contributed by atoms with Gasteiger partial charge in [-0.15, -0.1) is 0 Å². The van der Waals surface area contributed by atoms with Crippen molar-refractivity contribution in [3.05, 3.63) is 41.7 Å². The number of hydrogen-bond donors (Lipinski definition) is 4. The molecule has 1 saturated carbocycles. The fourth-order valence-electron chi connectivity index (χ4n) is 4.22. The van der Waals surface area contributed by atoms with Crippen LogP contribution >= 0.6 is 0 Å². The molecule has 0 radical (unpaired) electrons. The van der Waals surface area contributed by atoms with Gasteiger partial charge in [0.05, 0.1) is 11.6 Å². The summed E-state index contributed by atoms with van der Waals surface area (Å²) in [7, 11) is 3.40. The Bertz CT molecular complexity index is 1100. The third kappa shape index (κ3) is 4.73. The zero-order valence-electron chi connectivity index (χ0n) is 19.4. The summed E-state index contributed by atoms with van der Waals surface area (Å²) in [6.45, 7) is 1.33. The number of primary amides is 2. The monoisotopic (exact) mass is 466 g/mol. The number of amides is 4. The molecule has 6 N–H and O–H groups in total. The number of piperidine rings is 1. The lowest BCUT2D eigenvalue weighted by Crippen LogP contribution is -2.50. The largest absolute Gasteiger partial charge is 0.369 e. The first kappa shape index (κ1) is 23.3. The van der Waals surface area contributed by atoms with Crippen LogP contribution in [0.5, 0.6) is 0 Å². The Morgan fingerprint density at radius 3 is 2.44 bits per heavy atom. The molecular weight excluding hydrogens is 436 g/mol. The second kappa shape index (κ2) is 9.16. The van der Waals surface area contributed by atoms with Crippen molar-refractivity contribution in [2.75, 3.05) is 37.4 Å². The summed E-state index contributed by atoms with van der Waals surface area (Å²) in [5, 5.41) is 6.13. The number of carbonyl (C=O) groups is 3. The maximum atomic E-state index is 12.0. The number of benzene rings is 1. The number of hydrogen-bond acceptors (Lipinski definition) is 7. The molecule has 1 aliphatic heterocycles. The molecule has 2 aromatic rings. The molecule has 180 valence electrons. The van der Waals surface area contributed by atoms with Crippen LogP contribution in [0.1, 0.15) is 41.7 Å². The summed E-state index contributed by atoms with van der Waals surface area (Å²) in [5.74, 6) is -0.185. The molecule has 0 bridgehead atoms. The van der Waals surface area contributed by atoms with Crippen LogP contribution in [0.25, 0.3) is 0 Å². The van der Waals surface area contributed by atoms with Gasteiger partial charge in [-0.05, 0) is 43.4 Å². The topological polar surface area (TPSA) is 160 Å². The van der Waals surface area contributed by atoms with Crippen LogP contribution in [0.15, 0.2) is 30.5 Å². The second-order valence-corrected chi connectivity index (χ2v) is 9.07. The molecule has 1 aromatic carbocycles. The Morgan fingerprint density at radius 1 is 1.15 bits per heavy atom. The summed E-state index contributed by atoms with van der Waals surface area (Å²) in [4.78, 5) is 48.2. The number of anilines is 3. The molecule has 1 atom stereocenters.